The number of nitrogens with zero attached hydrogens (tertiary/aromatic N) is 1. The first-order chi connectivity index (χ1) is 13.1. The van der Waals surface area contributed by atoms with Gasteiger partial charge < -0.3 is 10.4 Å². The predicted octanol–water partition coefficient (Wildman–Crippen LogP) is 3.97. The molecule has 138 valence electrons. The molecular weight excluding hydrogens is 340 g/mol. The molecule has 2 N–H and O–H groups in total. The summed E-state index contributed by atoms with van der Waals surface area (Å²) in [5.74, 6) is -1.14. The summed E-state index contributed by atoms with van der Waals surface area (Å²) in [7, 11) is 0. The highest BCUT2D eigenvalue weighted by Gasteiger charge is 2.33. The molecule has 1 saturated carbocycles. The van der Waals surface area contributed by atoms with E-state index in [0.29, 0.717) is 0 Å². The third kappa shape index (κ3) is 4.17. The van der Waals surface area contributed by atoms with E-state index >= 15 is 0 Å². The van der Waals surface area contributed by atoms with Gasteiger partial charge in [0, 0.05) is 5.92 Å². The maximum Gasteiger partial charge on any atom is 0.335 e. The Balaban J connectivity index is 1.99. The maximum atomic E-state index is 12.6. The highest BCUT2D eigenvalue weighted by Crippen LogP contribution is 2.42. The minimum atomic E-state index is -0.958. The van der Waals surface area contributed by atoms with Crippen molar-refractivity contribution < 1.29 is 14.7 Å². The number of carbonyl (C=O) groups excluding carboxylic acids is 1. The number of carboxylic acid groups (broad SMARTS) is 1. The standard InChI is InChI=1S/C22H22N2O3/c23-12-13-24-21(25)20-11-4-3-10-19(20)18-9-2-1-8-17(18)15-6-5-7-16(14-15)22(26)27/h1-2,5-9,14,19-20H,3-4,10-11,13H2,(H,24,25)(H,26,27)/t19?,20-/m1/s1. The van der Waals surface area contributed by atoms with Gasteiger partial charge in [-0.3, -0.25) is 4.79 Å². The second-order valence-corrected chi connectivity index (χ2v) is 6.85. The molecule has 1 fully saturated rings. The molecule has 1 aliphatic carbocycles. The topological polar surface area (TPSA) is 90.2 Å². The summed E-state index contributed by atoms with van der Waals surface area (Å²) >= 11 is 0. The minimum absolute atomic E-state index is 0.0182. The van der Waals surface area contributed by atoms with Crippen LogP contribution in [0.3, 0.4) is 0 Å². The zero-order valence-electron chi connectivity index (χ0n) is 15.0. The molecular formula is C22H22N2O3. The summed E-state index contributed by atoms with van der Waals surface area (Å²) in [6.45, 7) is 0.0182. The number of benzene rings is 2. The monoisotopic (exact) mass is 362 g/mol. The van der Waals surface area contributed by atoms with Gasteiger partial charge in [-0.1, -0.05) is 49.2 Å². The number of nitriles is 1. The van der Waals surface area contributed by atoms with Gasteiger partial charge in [-0.25, -0.2) is 4.79 Å². The largest absolute Gasteiger partial charge is 0.478 e. The van der Waals surface area contributed by atoms with Crippen LogP contribution in [0.1, 0.15) is 47.5 Å². The molecule has 0 aromatic heterocycles. The van der Waals surface area contributed by atoms with Crippen molar-refractivity contribution in [3.8, 4) is 17.2 Å². The van der Waals surface area contributed by atoms with Gasteiger partial charge in [-0.15, -0.1) is 0 Å². The normalized spacial score (nSPS) is 19.1. The van der Waals surface area contributed by atoms with Crippen LogP contribution in [0.4, 0.5) is 0 Å². The van der Waals surface area contributed by atoms with Crippen LogP contribution in [0.2, 0.25) is 0 Å². The van der Waals surface area contributed by atoms with Crippen molar-refractivity contribution in [3.05, 3.63) is 59.7 Å². The summed E-state index contributed by atoms with van der Waals surface area (Å²) in [6, 6.07) is 16.8. The van der Waals surface area contributed by atoms with Crippen LogP contribution in [0.25, 0.3) is 11.1 Å². The molecule has 3 rings (SSSR count). The number of nitrogens with one attached hydrogen (secondary N) is 1. The van der Waals surface area contributed by atoms with Crippen molar-refractivity contribution in [1.82, 2.24) is 5.32 Å². The van der Waals surface area contributed by atoms with E-state index in [2.05, 4.69) is 5.32 Å². The van der Waals surface area contributed by atoms with Crippen molar-refractivity contribution in [2.75, 3.05) is 6.54 Å². The summed E-state index contributed by atoms with van der Waals surface area (Å²) in [4.78, 5) is 23.9. The summed E-state index contributed by atoms with van der Waals surface area (Å²) in [5, 5.41) is 20.7. The van der Waals surface area contributed by atoms with E-state index in [9.17, 15) is 14.7 Å². The van der Waals surface area contributed by atoms with E-state index in [1.807, 2.05) is 36.4 Å². The Bertz CT molecular complexity index is 885. The fraction of sp³-hybridized carbons (Fsp3) is 0.318. The fourth-order valence-corrected chi connectivity index (χ4v) is 3.98. The lowest BCUT2D eigenvalue weighted by Gasteiger charge is -2.32. The van der Waals surface area contributed by atoms with E-state index in [-0.39, 0.29) is 29.9 Å². The van der Waals surface area contributed by atoms with Gasteiger partial charge >= 0.3 is 5.97 Å². The average molecular weight is 362 g/mol. The van der Waals surface area contributed by atoms with Gasteiger partial charge in [0.05, 0.1) is 11.6 Å². The quantitative estimate of drug-likeness (QED) is 0.788. The first kappa shape index (κ1) is 18.7. The molecule has 2 aromatic carbocycles. The summed E-state index contributed by atoms with van der Waals surface area (Å²) in [5.41, 5.74) is 3.11. The van der Waals surface area contributed by atoms with Gasteiger partial charge in [-0.2, -0.15) is 5.26 Å². The highest BCUT2D eigenvalue weighted by molar-refractivity contribution is 5.89. The Kier molecular flexibility index (Phi) is 5.87. The fourth-order valence-electron chi connectivity index (χ4n) is 3.98. The first-order valence-corrected chi connectivity index (χ1v) is 9.19. The lowest BCUT2D eigenvalue weighted by Crippen LogP contribution is -2.36. The number of aromatic carboxylic acids is 1. The molecule has 2 aromatic rings. The molecule has 0 saturated heterocycles. The van der Waals surface area contributed by atoms with Crippen LogP contribution in [0.15, 0.2) is 48.5 Å². The number of carbonyl (C=O) groups is 2. The zero-order chi connectivity index (χ0) is 19.2. The summed E-state index contributed by atoms with van der Waals surface area (Å²) in [6.07, 6.45) is 3.75. The summed E-state index contributed by atoms with van der Waals surface area (Å²) < 4.78 is 0. The Morgan fingerprint density at radius 3 is 2.67 bits per heavy atom. The second-order valence-electron chi connectivity index (χ2n) is 6.85. The number of carboxylic acids is 1. The van der Waals surface area contributed by atoms with Crippen LogP contribution >= 0.6 is 0 Å². The van der Waals surface area contributed by atoms with Crippen molar-refractivity contribution >= 4 is 11.9 Å². The van der Waals surface area contributed by atoms with Crippen molar-refractivity contribution in [1.29, 1.82) is 5.26 Å². The molecule has 1 aliphatic rings. The Labute approximate surface area is 158 Å². The van der Waals surface area contributed by atoms with Gasteiger partial charge in [0.25, 0.3) is 0 Å². The maximum absolute atomic E-state index is 12.6. The van der Waals surface area contributed by atoms with Gasteiger partial charge in [-0.05, 0) is 47.6 Å². The molecule has 0 radical (unpaired) electrons. The van der Waals surface area contributed by atoms with E-state index in [1.54, 1.807) is 18.2 Å². The van der Waals surface area contributed by atoms with Crippen molar-refractivity contribution in [2.24, 2.45) is 5.92 Å². The van der Waals surface area contributed by atoms with Crippen LogP contribution < -0.4 is 5.32 Å². The average Bonchev–Trinajstić information content (AvgIpc) is 2.72. The van der Waals surface area contributed by atoms with Gasteiger partial charge in [0.2, 0.25) is 5.91 Å². The predicted molar refractivity (Wildman–Crippen MR) is 102 cm³/mol. The molecule has 0 aliphatic heterocycles. The molecule has 0 bridgehead atoms. The van der Waals surface area contributed by atoms with Crippen LogP contribution in [0.5, 0.6) is 0 Å². The molecule has 27 heavy (non-hydrogen) atoms. The molecule has 5 heteroatoms. The highest BCUT2D eigenvalue weighted by atomic mass is 16.4. The van der Waals surface area contributed by atoms with Crippen molar-refractivity contribution in [2.45, 2.75) is 31.6 Å². The number of rotatable bonds is 5. The number of hydrogen-bond donors (Lipinski definition) is 2. The Hall–Kier alpha value is -3.13. The van der Waals surface area contributed by atoms with Gasteiger partial charge in [0.1, 0.15) is 6.54 Å². The zero-order valence-corrected chi connectivity index (χ0v) is 15.0. The third-order valence-electron chi connectivity index (χ3n) is 5.23. The minimum Gasteiger partial charge on any atom is -0.478 e. The van der Waals surface area contributed by atoms with E-state index < -0.39 is 5.97 Å². The van der Waals surface area contributed by atoms with Crippen LogP contribution in [0, 0.1) is 17.2 Å². The number of amides is 1. The lowest BCUT2D eigenvalue weighted by atomic mass is 9.73. The molecule has 0 heterocycles. The molecule has 5 nitrogen and oxygen atoms in total. The van der Waals surface area contributed by atoms with E-state index in [0.717, 1.165) is 42.4 Å². The lowest BCUT2D eigenvalue weighted by molar-refractivity contribution is -0.126. The Morgan fingerprint density at radius 2 is 1.89 bits per heavy atom. The van der Waals surface area contributed by atoms with Gasteiger partial charge in [0.15, 0.2) is 0 Å². The van der Waals surface area contributed by atoms with Crippen molar-refractivity contribution in [3.63, 3.8) is 0 Å². The van der Waals surface area contributed by atoms with E-state index in [1.165, 1.54) is 0 Å². The SMILES string of the molecule is N#CCNC(=O)[C@@H]1CCCCC1c1ccccc1-c1cccc(C(=O)O)c1. The second kappa shape index (κ2) is 8.50. The van der Waals surface area contributed by atoms with Crippen LogP contribution in [-0.4, -0.2) is 23.5 Å². The Morgan fingerprint density at radius 1 is 1.11 bits per heavy atom. The van der Waals surface area contributed by atoms with E-state index in [4.69, 9.17) is 5.26 Å². The first-order valence-electron chi connectivity index (χ1n) is 9.19. The molecule has 1 amide bonds. The number of hydrogen-bond acceptors (Lipinski definition) is 3. The third-order valence-corrected chi connectivity index (χ3v) is 5.23. The molecule has 2 atom stereocenters. The smallest absolute Gasteiger partial charge is 0.335 e. The van der Waals surface area contributed by atoms with Crippen LogP contribution in [-0.2, 0) is 4.79 Å². The molecule has 1 unspecified atom stereocenters. The molecule has 0 spiro atoms.